The maximum atomic E-state index is 12.8. The number of rotatable bonds is 32. The summed E-state index contributed by atoms with van der Waals surface area (Å²) in [5, 5.41) is 0. The Morgan fingerprint density at radius 2 is 0.788 bits per heavy atom. The first-order valence-electron chi connectivity index (χ1n) is 47.0. The number of likely N-dealkylation sites (tertiary alicyclic amines) is 2. The molecule has 6 unspecified atom stereocenters. The Hall–Kier alpha value is -8.75. The van der Waals surface area contributed by atoms with Crippen molar-refractivity contribution >= 4 is 86.5 Å². The fraction of sp³-hybridized carbons (Fsp3) is 0.614. The fourth-order valence-corrected chi connectivity index (χ4v) is 19.7. The quantitative estimate of drug-likeness (QED) is 0.0379. The van der Waals surface area contributed by atoms with Crippen molar-refractivity contribution in [3.63, 3.8) is 0 Å². The summed E-state index contributed by atoms with van der Waals surface area (Å²) >= 11 is 0. The highest BCUT2D eigenvalue weighted by molar-refractivity contribution is 7.93. The van der Waals surface area contributed by atoms with Gasteiger partial charge in [-0.2, -0.15) is 0 Å². The Morgan fingerprint density at radius 1 is 0.424 bits per heavy atom. The molecule has 4 aliphatic heterocycles. The minimum atomic E-state index is -3.37. The van der Waals surface area contributed by atoms with E-state index in [9.17, 15) is 52.8 Å². The Labute approximate surface area is 791 Å². The zero-order valence-electron chi connectivity index (χ0n) is 84.0. The zero-order chi connectivity index (χ0) is 98.5. The average molecular weight is 1910 g/mol. The van der Waals surface area contributed by atoms with Crippen LogP contribution >= 0.6 is 0 Å². The van der Waals surface area contributed by atoms with Gasteiger partial charge < -0.3 is 48.0 Å². The van der Waals surface area contributed by atoms with Crippen LogP contribution < -0.4 is 36.2 Å². The molecule has 0 spiro atoms. The van der Waals surface area contributed by atoms with Gasteiger partial charge >= 0.3 is 0 Å². The Balaban J connectivity index is 0.000000217. The van der Waals surface area contributed by atoms with Crippen LogP contribution in [-0.4, -0.2) is 239 Å². The predicted molar refractivity (Wildman–Crippen MR) is 533 cm³/mol. The van der Waals surface area contributed by atoms with Crippen molar-refractivity contribution in [1.82, 2.24) is 24.6 Å². The lowest BCUT2D eigenvalue weighted by Crippen LogP contribution is -2.38. The number of anilines is 4. The van der Waals surface area contributed by atoms with Crippen LogP contribution in [0.25, 0.3) is 0 Å². The van der Waals surface area contributed by atoms with Crippen LogP contribution in [-0.2, 0) is 49.6 Å². The van der Waals surface area contributed by atoms with Crippen molar-refractivity contribution in [2.24, 2.45) is 23.7 Å². The molecule has 736 valence electrons. The van der Waals surface area contributed by atoms with Crippen molar-refractivity contribution in [3.8, 4) is 23.0 Å². The normalized spacial score (nSPS) is 19.2. The molecule has 4 amide bonds. The number of benzene rings is 5. The lowest BCUT2D eigenvalue weighted by molar-refractivity contribution is 0.0621. The SMILES string of the molecule is CC(C)c1cc(OCC2CC2C)cc(N(C)S(C)(=O)=O)c1.CC(C)c1cc(OCC2CC2C)cc(N2CCCS2(=O)=O)c1.CCC(C)N(C)C(=O)c1cc(C(C)C)cc(N(C)S(C)(=O)=O)c1.CCC(C)N(C)C(=O)c1cc(C(C)C)cc(N2CCCS2(=O)=O)c1.COC[C@H]1CCCN1C(=O)c1cc(OC)cc(C(C)C)c1.COC[C@H]1CCCN1C(=O)c1cc(OC)cc(C(C)C)n1. The van der Waals surface area contributed by atoms with Crippen molar-refractivity contribution in [1.29, 1.82) is 0 Å². The largest absolute Gasteiger partial charge is 0.497 e. The summed E-state index contributed by atoms with van der Waals surface area (Å²) in [6, 6.07) is 32.5. The van der Waals surface area contributed by atoms with Crippen LogP contribution in [0.5, 0.6) is 23.0 Å². The van der Waals surface area contributed by atoms with Gasteiger partial charge in [-0.3, -0.25) is 36.4 Å². The van der Waals surface area contributed by atoms with Crippen LogP contribution in [0.1, 0.15) is 299 Å². The molecule has 0 bridgehead atoms. The molecule has 2 aliphatic carbocycles. The minimum absolute atomic E-state index is 0.0321. The van der Waals surface area contributed by atoms with Gasteiger partial charge in [0.1, 0.15) is 28.7 Å². The molecular weight excluding hydrogens is 1760 g/mol. The molecular formula is C101H155N9O18S4. The van der Waals surface area contributed by atoms with Crippen LogP contribution in [0.2, 0.25) is 0 Å². The van der Waals surface area contributed by atoms with E-state index in [0.717, 1.165) is 133 Å². The van der Waals surface area contributed by atoms with Gasteiger partial charge in [0.15, 0.2) is 0 Å². The third-order valence-electron chi connectivity index (χ3n) is 25.9. The Morgan fingerprint density at radius 3 is 1.17 bits per heavy atom. The molecule has 2 saturated carbocycles. The smallest absolute Gasteiger partial charge is 0.272 e. The maximum absolute atomic E-state index is 12.8. The summed E-state index contributed by atoms with van der Waals surface area (Å²) in [6.45, 7) is 42.7. The van der Waals surface area contributed by atoms with E-state index in [2.05, 4.69) is 74.2 Å². The monoisotopic (exact) mass is 1910 g/mol. The number of hydrogen-bond donors (Lipinski definition) is 0. The number of amides is 4. The molecule has 0 radical (unpaired) electrons. The predicted octanol–water partition coefficient (Wildman–Crippen LogP) is 18.5. The number of methoxy groups -OCH3 is 4. The third kappa shape index (κ3) is 31.1. The van der Waals surface area contributed by atoms with E-state index in [4.69, 9.17) is 28.4 Å². The molecule has 31 heteroatoms. The van der Waals surface area contributed by atoms with E-state index < -0.39 is 40.1 Å². The molecule has 12 rings (SSSR count). The van der Waals surface area contributed by atoms with Crippen LogP contribution in [0.15, 0.2) is 103 Å². The second-order valence-electron chi connectivity index (χ2n) is 38.2. The van der Waals surface area contributed by atoms with Crippen LogP contribution in [0, 0.1) is 23.7 Å². The first kappa shape index (κ1) is 110. The second-order valence-corrected chi connectivity index (χ2v) is 46.3. The van der Waals surface area contributed by atoms with Gasteiger partial charge in [-0.05, 0) is 244 Å². The Kier molecular flexibility index (Phi) is 41.0. The summed E-state index contributed by atoms with van der Waals surface area (Å²) in [7, 11) is 0.196. The number of hydrogen-bond acceptors (Lipinski definition) is 19. The van der Waals surface area contributed by atoms with Crippen LogP contribution in [0.4, 0.5) is 22.7 Å². The number of ether oxygens (including phenoxy) is 6. The zero-order valence-corrected chi connectivity index (χ0v) is 87.3. The number of sulfonamides is 4. The van der Waals surface area contributed by atoms with Crippen molar-refractivity contribution in [2.45, 2.75) is 249 Å². The van der Waals surface area contributed by atoms with E-state index in [1.54, 1.807) is 83.6 Å². The fourth-order valence-electron chi connectivity index (χ4n) is 15.6. The first-order chi connectivity index (χ1) is 61.8. The molecule has 6 fully saturated rings. The topological polar surface area (TPSA) is 299 Å². The van der Waals surface area contributed by atoms with E-state index in [1.165, 1.54) is 43.4 Å². The molecule has 4 saturated heterocycles. The third-order valence-corrected chi connectivity index (χ3v) is 32.1. The number of carbonyl (C=O) groups excluding carboxylic acids is 4. The number of pyridine rings is 1. The molecule has 132 heavy (non-hydrogen) atoms. The highest BCUT2D eigenvalue weighted by Gasteiger charge is 2.38. The van der Waals surface area contributed by atoms with E-state index in [-0.39, 0.29) is 77.1 Å². The van der Waals surface area contributed by atoms with E-state index in [0.29, 0.717) is 121 Å². The highest BCUT2D eigenvalue weighted by Crippen LogP contribution is 2.42. The molecule has 0 N–H and O–H groups in total. The van der Waals surface area contributed by atoms with Crippen molar-refractivity contribution in [3.05, 3.63) is 159 Å². The summed E-state index contributed by atoms with van der Waals surface area (Å²) in [5.74, 6) is 7.77. The van der Waals surface area contributed by atoms with Crippen molar-refractivity contribution < 1.29 is 81.3 Å². The summed E-state index contributed by atoms with van der Waals surface area (Å²) in [4.78, 5) is 62.8. The maximum Gasteiger partial charge on any atom is 0.272 e. The molecule has 8 atom stereocenters. The summed E-state index contributed by atoms with van der Waals surface area (Å²) < 4.78 is 134. The molecule has 27 nitrogen and oxygen atoms in total. The van der Waals surface area contributed by atoms with Gasteiger partial charge in [0, 0.05) is 127 Å². The van der Waals surface area contributed by atoms with E-state index in [1.807, 2.05) is 144 Å². The molecule has 1 aromatic heterocycles. The van der Waals surface area contributed by atoms with Gasteiger partial charge in [0.25, 0.3) is 23.6 Å². The first-order valence-corrected chi connectivity index (χ1v) is 53.9. The van der Waals surface area contributed by atoms with E-state index >= 15 is 0 Å². The van der Waals surface area contributed by atoms with Gasteiger partial charge in [-0.15, -0.1) is 0 Å². The summed E-state index contributed by atoms with van der Waals surface area (Å²) in [5.41, 5.74) is 10.9. The molecule has 5 heterocycles. The second kappa shape index (κ2) is 49.1. The van der Waals surface area contributed by atoms with Gasteiger partial charge in [0.2, 0.25) is 40.1 Å². The molecule has 5 aromatic carbocycles. The van der Waals surface area contributed by atoms with Gasteiger partial charge in [-0.1, -0.05) is 111 Å². The lowest BCUT2D eigenvalue weighted by atomic mass is 9.99. The standard InChI is InChI=1S/C18H28N2O3S.C17H28N2O3S.C17H25NO3S.C17H25NO3.C16H24N2O3.C16H25NO3S/c1-6-14(4)19(5)18(21)16-10-15(13(2)3)11-17(12-16)20-8-7-9-24(20,22)23;1-8-13(4)18(5)17(20)15-9-14(12(2)3)10-16(11-15)19(6)23(7,21)22;1-12(2)14-8-16(18-5-4-6-22(18,19)20)10-17(9-14)21-11-15-7-13(15)3;1-12(2)13-8-14(10-16(9-13)21-4)17(19)18-7-5-6-15(18)11-20-3;1-11(2)14-8-13(21-4)9-15(17-14)16(19)18-7-5-6-12(18)10-20-3;1-11(2)13-7-15(17(4)21(5,18)19)9-16(8-13)20-10-14-6-12(14)3/h10-14H,6-9H2,1-5H3;9-13H,8H2,1-7H3;8-10,12-13,15H,4-7,11H2,1-3H3;8-10,12,15H,5-7,11H2,1-4H3;8-9,11-12H,5-7,10H2,1-4H3;7-9,11-12,14H,6,10H2,1-5H3/t;;;15-;12-;/m...11./s1. The number of aromatic nitrogens is 1. The van der Waals surface area contributed by atoms with Gasteiger partial charge in [0.05, 0.1) is 99.5 Å². The summed E-state index contributed by atoms with van der Waals surface area (Å²) in [6.07, 6.45) is 11.9. The molecule has 6 aromatic rings. The minimum Gasteiger partial charge on any atom is -0.497 e. The number of nitrogens with zero attached hydrogens (tertiary/aromatic N) is 9. The highest BCUT2D eigenvalue weighted by atomic mass is 32.2. The van der Waals surface area contributed by atoms with Gasteiger partial charge in [-0.25, -0.2) is 38.7 Å². The van der Waals surface area contributed by atoms with Crippen molar-refractivity contribution in [2.75, 3.05) is 150 Å². The number of carbonyl (C=O) groups is 4. The average Bonchev–Trinajstić information content (AvgIpc) is 1.64. The molecule has 6 aliphatic rings. The lowest BCUT2D eigenvalue weighted by Gasteiger charge is -2.25. The Bertz CT molecular complexity index is 5230. The van der Waals surface area contributed by atoms with Crippen LogP contribution in [0.3, 0.4) is 0 Å².